The van der Waals surface area contributed by atoms with Crippen LogP contribution < -0.4 is 21.5 Å². The molecule has 2 atom stereocenters. The number of aromatic nitrogens is 2. The number of nitrogens with two attached hydrogens (primary N) is 1. The molecule has 2 unspecified atom stereocenters. The number of rotatable bonds is 6. The van der Waals surface area contributed by atoms with Gasteiger partial charge in [0.15, 0.2) is 0 Å². The molecule has 0 spiro atoms. The van der Waals surface area contributed by atoms with E-state index in [0.29, 0.717) is 12.2 Å². The largest absolute Gasteiger partial charge is 0.367 e. The lowest BCUT2D eigenvalue weighted by molar-refractivity contribution is 0.344. The molecule has 1 aromatic heterocycles. The van der Waals surface area contributed by atoms with Gasteiger partial charge in [-0.25, -0.2) is 4.68 Å². The molecule has 142 valence electrons. The molecule has 2 rings (SSSR count). The van der Waals surface area contributed by atoms with Crippen LogP contribution in [0.1, 0.15) is 51.5 Å². The van der Waals surface area contributed by atoms with Crippen molar-refractivity contribution in [2.75, 3.05) is 11.4 Å². The van der Waals surface area contributed by atoms with Crippen molar-refractivity contribution in [3.63, 3.8) is 0 Å². The summed E-state index contributed by atoms with van der Waals surface area (Å²) in [5.41, 5.74) is 7.66. The second kappa shape index (κ2) is 9.44. The first kappa shape index (κ1) is 20.1. The Kier molecular flexibility index (Phi) is 7.28. The lowest BCUT2D eigenvalue weighted by Crippen LogP contribution is -2.50. The number of allylic oxidation sites excluding steroid dienone is 1. The highest BCUT2D eigenvalue weighted by atomic mass is 16.1. The Labute approximate surface area is 156 Å². The smallest absolute Gasteiger partial charge is 0.290 e. The van der Waals surface area contributed by atoms with E-state index in [0.717, 1.165) is 30.6 Å². The van der Waals surface area contributed by atoms with E-state index in [4.69, 9.17) is 5.73 Å². The maximum Gasteiger partial charge on any atom is 0.290 e. The van der Waals surface area contributed by atoms with Crippen molar-refractivity contribution in [2.45, 2.75) is 65.0 Å². The first-order chi connectivity index (χ1) is 12.5. The molecule has 0 bridgehead atoms. The molecular formula is C20H31N5O. The molecule has 6 nitrogen and oxygen atoms in total. The molecule has 1 aliphatic rings. The third kappa shape index (κ3) is 4.67. The van der Waals surface area contributed by atoms with Crippen LogP contribution in [-0.2, 0) is 7.05 Å². The molecule has 1 fully saturated rings. The van der Waals surface area contributed by atoms with Crippen LogP contribution in [-0.4, -0.2) is 28.4 Å². The molecule has 0 radical (unpaired) electrons. The molecule has 6 heteroatoms. The van der Waals surface area contributed by atoms with Crippen LogP contribution in [0, 0.1) is 18.8 Å². The second-order valence-electron chi connectivity index (χ2n) is 6.81. The summed E-state index contributed by atoms with van der Waals surface area (Å²) in [5.74, 6) is 6.94. The van der Waals surface area contributed by atoms with Crippen LogP contribution in [0.25, 0.3) is 0 Å². The maximum absolute atomic E-state index is 12.8. The summed E-state index contributed by atoms with van der Waals surface area (Å²) < 4.78 is 1.37. The van der Waals surface area contributed by atoms with E-state index in [2.05, 4.69) is 35.3 Å². The fourth-order valence-corrected chi connectivity index (χ4v) is 3.35. The number of nitrogens with zero attached hydrogens (tertiary/aromatic N) is 3. The van der Waals surface area contributed by atoms with Crippen LogP contribution in [0.2, 0.25) is 0 Å². The fraction of sp³-hybridized carbons (Fsp3) is 0.600. The van der Waals surface area contributed by atoms with E-state index in [1.165, 1.54) is 17.5 Å². The Morgan fingerprint density at radius 3 is 2.88 bits per heavy atom. The molecule has 1 aliphatic carbocycles. The van der Waals surface area contributed by atoms with Crippen LogP contribution in [0.15, 0.2) is 22.9 Å². The van der Waals surface area contributed by atoms with Crippen molar-refractivity contribution in [3.8, 4) is 11.8 Å². The summed E-state index contributed by atoms with van der Waals surface area (Å²) in [4.78, 5) is 14.8. The van der Waals surface area contributed by atoms with Crippen LogP contribution >= 0.6 is 0 Å². The topological polar surface area (TPSA) is 76.2 Å². The summed E-state index contributed by atoms with van der Waals surface area (Å²) in [7, 11) is 1.67. The molecule has 1 aromatic rings. The van der Waals surface area contributed by atoms with E-state index < -0.39 is 0 Å². The highest BCUT2D eigenvalue weighted by Crippen LogP contribution is 2.22. The van der Waals surface area contributed by atoms with Gasteiger partial charge in [0.2, 0.25) is 0 Å². The minimum Gasteiger partial charge on any atom is -0.367 e. The summed E-state index contributed by atoms with van der Waals surface area (Å²) in [5, 5.41) is 7.73. The van der Waals surface area contributed by atoms with Crippen molar-refractivity contribution in [3.05, 3.63) is 34.0 Å². The Bertz CT molecular complexity index is 756. The normalized spacial score (nSPS) is 20.3. The quantitative estimate of drug-likeness (QED) is 0.762. The SMILES string of the molecule is CC#CCN(/C(=C/CC)NC1CCCCC1N)c1c(C)cnn(C)c1=O. The predicted molar refractivity (Wildman–Crippen MR) is 107 cm³/mol. The monoisotopic (exact) mass is 357 g/mol. The molecule has 3 N–H and O–H groups in total. The Morgan fingerprint density at radius 1 is 1.50 bits per heavy atom. The number of anilines is 1. The standard InChI is InChI=1S/C20H31N5O/c1-5-7-13-25(19-15(3)14-22-24(4)20(19)26)18(10-6-2)23-17-12-9-8-11-16(17)21/h10,14,16-17,23H,6,8-9,11-13,21H2,1-4H3/b18-10+. The van der Waals surface area contributed by atoms with Gasteiger partial charge in [0, 0.05) is 19.1 Å². The summed E-state index contributed by atoms with van der Waals surface area (Å²) in [6.07, 6.45) is 9.11. The van der Waals surface area contributed by atoms with E-state index in [1.54, 1.807) is 13.2 Å². The van der Waals surface area contributed by atoms with Gasteiger partial charge in [-0.2, -0.15) is 5.10 Å². The van der Waals surface area contributed by atoms with Crippen LogP contribution in [0.5, 0.6) is 0 Å². The molecule has 1 heterocycles. The lowest BCUT2D eigenvalue weighted by Gasteiger charge is -2.35. The molecule has 0 aromatic carbocycles. The van der Waals surface area contributed by atoms with Gasteiger partial charge in [-0.1, -0.05) is 25.7 Å². The van der Waals surface area contributed by atoms with Crippen LogP contribution in [0.3, 0.4) is 0 Å². The number of hydrogen-bond acceptors (Lipinski definition) is 5. The summed E-state index contributed by atoms with van der Waals surface area (Å²) >= 11 is 0. The average molecular weight is 358 g/mol. The van der Waals surface area contributed by atoms with E-state index in [1.807, 2.05) is 18.7 Å². The van der Waals surface area contributed by atoms with Crippen molar-refractivity contribution in [1.82, 2.24) is 15.1 Å². The van der Waals surface area contributed by atoms with Crippen molar-refractivity contribution < 1.29 is 0 Å². The van der Waals surface area contributed by atoms with Gasteiger partial charge in [0.1, 0.15) is 11.5 Å². The maximum atomic E-state index is 12.8. The first-order valence-corrected chi connectivity index (χ1v) is 9.41. The molecule has 0 saturated heterocycles. The number of aryl methyl sites for hydroxylation is 2. The van der Waals surface area contributed by atoms with Crippen molar-refractivity contribution in [1.29, 1.82) is 0 Å². The third-order valence-electron chi connectivity index (χ3n) is 4.82. The minimum atomic E-state index is -0.125. The molecule has 1 saturated carbocycles. The molecule has 26 heavy (non-hydrogen) atoms. The Hall–Kier alpha value is -2.26. The summed E-state index contributed by atoms with van der Waals surface area (Å²) in [6, 6.07) is 0.342. The first-order valence-electron chi connectivity index (χ1n) is 9.41. The van der Waals surface area contributed by atoms with E-state index in [-0.39, 0.29) is 17.6 Å². The number of hydrogen-bond donors (Lipinski definition) is 2. The van der Waals surface area contributed by atoms with Gasteiger partial charge < -0.3 is 16.0 Å². The van der Waals surface area contributed by atoms with Gasteiger partial charge in [-0.15, -0.1) is 5.92 Å². The van der Waals surface area contributed by atoms with Crippen molar-refractivity contribution >= 4 is 5.69 Å². The highest BCUT2D eigenvalue weighted by molar-refractivity contribution is 5.56. The van der Waals surface area contributed by atoms with Gasteiger partial charge in [-0.05, 0) is 44.7 Å². The zero-order valence-corrected chi connectivity index (χ0v) is 16.4. The third-order valence-corrected chi connectivity index (χ3v) is 4.82. The summed E-state index contributed by atoms with van der Waals surface area (Å²) in [6.45, 7) is 6.25. The number of nitrogens with one attached hydrogen (secondary N) is 1. The van der Waals surface area contributed by atoms with Gasteiger partial charge in [0.25, 0.3) is 5.56 Å². The van der Waals surface area contributed by atoms with Crippen LogP contribution in [0.4, 0.5) is 5.69 Å². The predicted octanol–water partition coefficient (Wildman–Crippen LogP) is 2.03. The fourth-order valence-electron chi connectivity index (χ4n) is 3.35. The zero-order chi connectivity index (χ0) is 19.1. The van der Waals surface area contributed by atoms with Crippen molar-refractivity contribution in [2.24, 2.45) is 12.8 Å². The van der Waals surface area contributed by atoms with E-state index >= 15 is 0 Å². The van der Waals surface area contributed by atoms with Gasteiger partial charge in [-0.3, -0.25) is 4.79 Å². The molecule has 0 amide bonds. The molecule has 0 aliphatic heterocycles. The Morgan fingerprint density at radius 2 is 2.23 bits per heavy atom. The second-order valence-corrected chi connectivity index (χ2v) is 6.81. The van der Waals surface area contributed by atoms with E-state index in [9.17, 15) is 4.79 Å². The van der Waals surface area contributed by atoms with Gasteiger partial charge in [0.05, 0.1) is 12.7 Å². The lowest BCUT2D eigenvalue weighted by atomic mass is 9.91. The zero-order valence-electron chi connectivity index (χ0n) is 16.4. The minimum absolute atomic E-state index is 0.125. The average Bonchev–Trinajstić information content (AvgIpc) is 2.62. The highest BCUT2D eigenvalue weighted by Gasteiger charge is 2.25. The van der Waals surface area contributed by atoms with Gasteiger partial charge >= 0.3 is 0 Å². The molecular weight excluding hydrogens is 326 g/mol. The Balaban J connectivity index is 2.44.